The number of carbonyl (C=O) groups is 3. The number of ether oxygens (including phenoxy) is 1. The lowest BCUT2D eigenvalue weighted by atomic mass is 9.53. The number of carbonyl (C=O) groups excluding carboxylic acids is 3. The van der Waals surface area contributed by atoms with Gasteiger partial charge in [0.15, 0.2) is 11.4 Å². The van der Waals surface area contributed by atoms with Crippen LogP contribution in [0.3, 0.4) is 0 Å². The number of Topliss-reactive ketones (excluding diaryl/α,β-unsaturated/α-hetero) is 2. The Balaban J connectivity index is 1.88. The maximum absolute atomic E-state index is 14.0. The van der Waals surface area contributed by atoms with Crippen LogP contribution in [-0.2, 0) is 19.1 Å². The number of benzene rings is 1. The fourth-order valence-electron chi connectivity index (χ4n) is 6.12. The van der Waals surface area contributed by atoms with E-state index < -0.39 is 70.1 Å². The molecule has 184 valence electrons. The van der Waals surface area contributed by atoms with Crippen LogP contribution in [0.2, 0.25) is 0 Å². The van der Waals surface area contributed by atoms with Crippen LogP contribution in [-0.4, -0.2) is 80.0 Å². The van der Waals surface area contributed by atoms with Crippen molar-refractivity contribution in [2.45, 2.75) is 23.7 Å². The number of ketones is 2. The smallest absolute Gasteiger partial charge is 0.255 e. The van der Waals surface area contributed by atoms with Gasteiger partial charge in [0.2, 0.25) is 5.78 Å². The van der Waals surface area contributed by atoms with Crippen molar-refractivity contribution in [1.82, 2.24) is 4.90 Å². The molecule has 0 bridgehead atoms. The number of phenolic OH excluding ortho intramolecular Hbond substituents is 1. The van der Waals surface area contributed by atoms with Crippen LogP contribution in [0.5, 0.6) is 5.75 Å². The first-order valence-electron chi connectivity index (χ1n) is 10.9. The van der Waals surface area contributed by atoms with E-state index in [0.717, 1.165) is 0 Å². The summed E-state index contributed by atoms with van der Waals surface area (Å²) in [5.74, 6) is -7.53. The van der Waals surface area contributed by atoms with Crippen molar-refractivity contribution < 1.29 is 39.5 Å². The van der Waals surface area contributed by atoms with Gasteiger partial charge >= 0.3 is 0 Å². The number of rotatable bonds is 3. The van der Waals surface area contributed by atoms with Gasteiger partial charge in [0.1, 0.15) is 34.7 Å². The molecular formula is C24H23BrN2O8. The number of nitrogens with zero attached hydrogens (tertiary/aromatic N) is 1. The number of primary amides is 1. The molecule has 1 fully saturated rings. The third-order valence-electron chi connectivity index (χ3n) is 7.47. The molecule has 35 heavy (non-hydrogen) atoms. The lowest BCUT2D eigenvalue weighted by Gasteiger charge is -2.56. The number of hydrogen-bond acceptors (Lipinski definition) is 9. The van der Waals surface area contributed by atoms with E-state index in [1.807, 2.05) is 0 Å². The van der Waals surface area contributed by atoms with Crippen LogP contribution in [0, 0.1) is 11.8 Å². The average Bonchev–Trinajstić information content (AvgIpc) is 2.79. The maximum Gasteiger partial charge on any atom is 0.255 e. The molecule has 0 unspecified atom stereocenters. The third kappa shape index (κ3) is 2.85. The van der Waals surface area contributed by atoms with E-state index in [1.54, 1.807) is 18.2 Å². The summed E-state index contributed by atoms with van der Waals surface area (Å²) in [6, 6.07) is 3.43. The molecule has 1 amide bonds. The van der Waals surface area contributed by atoms with Crippen molar-refractivity contribution in [3.8, 4) is 5.75 Å². The SMILES string of the molecule is CN(C)[C@@H]1C(=O)C(C(N)=O)=C(O)[C@@]2(O)C(=O)C3=C(O)c4c(O)cccc4[C@@H]4C=C(CBr)O[C@@H]([C@@H]34)[C@@H]12. The Morgan fingerprint density at radius 1 is 1.23 bits per heavy atom. The number of likely N-dealkylation sites (N-methyl/N-ethyl adjacent to an activating group) is 1. The van der Waals surface area contributed by atoms with E-state index >= 15 is 0 Å². The van der Waals surface area contributed by atoms with Crippen LogP contribution < -0.4 is 5.73 Å². The zero-order valence-corrected chi connectivity index (χ0v) is 20.3. The number of nitrogens with two attached hydrogens (primary N) is 1. The van der Waals surface area contributed by atoms with Crippen LogP contribution in [0.4, 0.5) is 0 Å². The Bertz CT molecular complexity index is 1300. The Morgan fingerprint density at radius 2 is 1.91 bits per heavy atom. The summed E-state index contributed by atoms with van der Waals surface area (Å²) in [6.45, 7) is 0. The molecule has 1 aromatic rings. The molecule has 1 heterocycles. The minimum Gasteiger partial charge on any atom is -0.508 e. The second-order valence-electron chi connectivity index (χ2n) is 9.39. The van der Waals surface area contributed by atoms with Gasteiger partial charge < -0.3 is 30.9 Å². The van der Waals surface area contributed by atoms with Gasteiger partial charge in [-0.1, -0.05) is 28.1 Å². The van der Waals surface area contributed by atoms with E-state index in [0.29, 0.717) is 11.3 Å². The van der Waals surface area contributed by atoms with Crippen molar-refractivity contribution >= 4 is 39.2 Å². The molecule has 4 aliphatic rings. The molecular weight excluding hydrogens is 524 g/mol. The monoisotopic (exact) mass is 546 g/mol. The highest BCUT2D eigenvalue weighted by molar-refractivity contribution is 9.09. The maximum atomic E-state index is 14.0. The Morgan fingerprint density at radius 3 is 2.51 bits per heavy atom. The molecule has 0 spiro atoms. The highest BCUT2D eigenvalue weighted by Gasteiger charge is 2.70. The lowest BCUT2D eigenvalue weighted by Crippen LogP contribution is -2.71. The van der Waals surface area contributed by atoms with Crippen molar-refractivity contribution in [2.75, 3.05) is 19.4 Å². The average molecular weight is 547 g/mol. The number of fused-ring (bicyclic) bond motifs is 4. The highest BCUT2D eigenvalue weighted by Crippen LogP contribution is 2.59. The van der Waals surface area contributed by atoms with Gasteiger partial charge in [-0.25, -0.2) is 0 Å². The molecule has 0 saturated heterocycles. The first-order valence-corrected chi connectivity index (χ1v) is 12.0. The Labute approximate surface area is 208 Å². The fraction of sp³-hybridized carbons (Fsp3) is 0.375. The molecule has 11 heteroatoms. The number of hydrogen-bond donors (Lipinski definition) is 5. The number of aliphatic hydroxyl groups excluding tert-OH is 2. The zero-order chi connectivity index (χ0) is 25.6. The molecule has 0 radical (unpaired) electrons. The summed E-state index contributed by atoms with van der Waals surface area (Å²) in [7, 11) is 3.07. The first kappa shape index (κ1) is 23.6. The summed E-state index contributed by atoms with van der Waals surface area (Å²) in [6.07, 6.45) is 0.693. The minimum atomic E-state index is -2.79. The Hall–Kier alpha value is -3.15. The normalized spacial score (nSPS) is 33.6. The summed E-state index contributed by atoms with van der Waals surface area (Å²) in [5, 5.41) is 44.9. The van der Waals surface area contributed by atoms with Gasteiger partial charge in [-0.3, -0.25) is 19.3 Å². The third-order valence-corrected chi connectivity index (χ3v) is 8.02. The number of alkyl halides is 1. The van der Waals surface area contributed by atoms with Crippen molar-refractivity contribution in [3.63, 3.8) is 0 Å². The van der Waals surface area contributed by atoms with Crippen LogP contribution >= 0.6 is 15.9 Å². The van der Waals surface area contributed by atoms with E-state index in [2.05, 4.69) is 15.9 Å². The predicted molar refractivity (Wildman–Crippen MR) is 125 cm³/mol. The lowest BCUT2D eigenvalue weighted by molar-refractivity contribution is -0.173. The van der Waals surface area contributed by atoms with Crippen molar-refractivity contribution in [3.05, 3.63) is 58.1 Å². The number of aromatic hydroxyl groups is 1. The second kappa shape index (κ2) is 7.67. The molecule has 6 atom stereocenters. The number of amides is 1. The fourth-order valence-corrected chi connectivity index (χ4v) is 6.44. The predicted octanol–water partition coefficient (Wildman–Crippen LogP) is 0.793. The van der Waals surface area contributed by atoms with Crippen molar-refractivity contribution in [1.29, 1.82) is 0 Å². The molecule has 5 rings (SSSR count). The summed E-state index contributed by atoms with van der Waals surface area (Å²) >= 11 is 3.36. The number of phenols is 1. The molecule has 10 nitrogen and oxygen atoms in total. The standard InChI is InChI=1S/C24H23BrN2O8/c1-27(2)17-16-20-13-10(6-8(7-25)35-20)9-4-3-5-11(28)12(9)18(29)14(13)21(31)24(16,34)22(32)15(19(17)30)23(26)33/h3-6,10,13,16-17,20,28-29,32,34H,7H2,1-2H3,(H2,26,33)/t10-,13+,16+,17-,20-,24-/m0/s1. The number of halogens is 1. The first-order chi connectivity index (χ1) is 16.5. The largest absolute Gasteiger partial charge is 0.508 e. The number of allylic oxidation sites excluding steroid dienone is 2. The van der Waals surface area contributed by atoms with Gasteiger partial charge in [0.05, 0.1) is 22.9 Å². The second-order valence-corrected chi connectivity index (χ2v) is 9.95. The van der Waals surface area contributed by atoms with Gasteiger partial charge in [0.25, 0.3) is 5.91 Å². The van der Waals surface area contributed by atoms with E-state index in [9.17, 15) is 34.8 Å². The molecule has 1 aromatic carbocycles. The summed E-state index contributed by atoms with van der Waals surface area (Å²) in [4.78, 5) is 40.9. The Kier molecular flexibility index (Phi) is 5.17. The van der Waals surface area contributed by atoms with Crippen LogP contribution in [0.1, 0.15) is 17.0 Å². The molecule has 1 saturated carbocycles. The molecule has 3 aliphatic carbocycles. The van der Waals surface area contributed by atoms with E-state index in [1.165, 1.54) is 25.1 Å². The van der Waals surface area contributed by atoms with Crippen LogP contribution in [0.25, 0.3) is 5.76 Å². The highest BCUT2D eigenvalue weighted by atomic mass is 79.9. The minimum absolute atomic E-state index is 0.0274. The van der Waals surface area contributed by atoms with Crippen LogP contribution in [0.15, 0.2) is 46.9 Å². The summed E-state index contributed by atoms with van der Waals surface area (Å²) < 4.78 is 6.19. The molecule has 6 N–H and O–H groups in total. The van der Waals surface area contributed by atoms with Crippen molar-refractivity contribution in [2.24, 2.45) is 17.6 Å². The van der Waals surface area contributed by atoms with Gasteiger partial charge in [-0.05, 0) is 31.8 Å². The van der Waals surface area contributed by atoms with Gasteiger partial charge in [0, 0.05) is 17.4 Å². The topological polar surface area (TPSA) is 171 Å². The number of aliphatic hydroxyl groups is 3. The quantitative estimate of drug-likeness (QED) is 0.271. The molecule has 1 aliphatic heterocycles. The molecule has 0 aromatic heterocycles. The zero-order valence-electron chi connectivity index (χ0n) is 18.7. The van der Waals surface area contributed by atoms with E-state index in [4.69, 9.17) is 10.5 Å². The summed E-state index contributed by atoms with van der Waals surface area (Å²) in [5.41, 5.74) is 2.00. The van der Waals surface area contributed by atoms with Gasteiger partial charge in [-0.15, -0.1) is 0 Å². The van der Waals surface area contributed by atoms with Gasteiger partial charge in [-0.2, -0.15) is 0 Å². The van der Waals surface area contributed by atoms with E-state index in [-0.39, 0.29) is 22.2 Å².